The normalized spacial score (nSPS) is 10.6. The molecule has 21 heavy (non-hydrogen) atoms. The Balaban J connectivity index is 1.96. The number of hydrogen-bond acceptors (Lipinski definition) is 3. The van der Waals surface area contributed by atoms with E-state index in [1.54, 1.807) is 12.1 Å². The van der Waals surface area contributed by atoms with Gasteiger partial charge in [0.15, 0.2) is 11.6 Å². The van der Waals surface area contributed by atoms with Crippen molar-refractivity contribution in [3.63, 3.8) is 0 Å². The van der Waals surface area contributed by atoms with E-state index in [9.17, 15) is 8.78 Å². The van der Waals surface area contributed by atoms with Gasteiger partial charge in [0.1, 0.15) is 22.5 Å². The van der Waals surface area contributed by atoms with Gasteiger partial charge in [-0.25, -0.2) is 13.8 Å². The first kappa shape index (κ1) is 13.6. The van der Waals surface area contributed by atoms with E-state index in [2.05, 4.69) is 4.98 Å². The van der Waals surface area contributed by atoms with Crippen molar-refractivity contribution >= 4 is 11.6 Å². The molecule has 3 nitrogen and oxygen atoms in total. The molecule has 0 N–H and O–H groups in total. The Kier molecular flexibility index (Phi) is 3.58. The van der Waals surface area contributed by atoms with E-state index < -0.39 is 11.6 Å². The fraction of sp³-hybridized carbons (Fsp3) is 0. The monoisotopic (exact) mass is 307 g/mol. The van der Waals surface area contributed by atoms with Crippen LogP contribution >= 0.6 is 11.6 Å². The minimum Gasteiger partial charge on any atom is -0.464 e. The number of ether oxygens (including phenoxy) is 1. The Labute approximate surface area is 123 Å². The number of nitrogens with zero attached hydrogens (tertiary/aromatic N) is 1. The Morgan fingerprint density at radius 2 is 1.95 bits per heavy atom. The van der Waals surface area contributed by atoms with Gasteiger partial charge >= 0.3 is 0 Å². The van der Waals surface area contributed by atoms with E-state index >= 15 is 0 Å². The summed E-state index contributed by atoms with van der Waals surface area (Å²) < 4.78 is 38.4. The average Bonchev–Trinajstić information content (AvgIpc) is 2.96. The summed E-state index contributed by atoms with van der Waals surface area (Å²) in [5, 5.41) is 0.195. The van der Waals surface area contributed by atoms with Crippen molar-refractivity contribution < 1.29 is 17.9 Å². The molecule has 2 heterocycles. The molecule has 0 unspecified atom stereocenters. The number of rotatable bonds is 3. The van der Waals surface area contributed by atoms with Crippen molar-refractivity contribution in [1.29, 1.82) is 0 Å². The highest BCUT2D eigenvalue weighted by atomic mass is 35.5. The van der Waals surface area contributed by atoms with Crippen molar-refractivity contribution in [3.8, 4) is 22.8 Å². The van der Waals surface area contributed by atoms with Crippen LogP contribution in [0.15, 0.2) is 53.3 Å². The van der Waals surface area contributed by atoms with Crippen LogP contribution in [-0.4, -0.2) is 4.98 Å². The molecule has 6 heteroatoms. The molecule has 0 aliphatic carbocycles. The first-order valence-corrected chi connectivity index (χ1v) is 6.33. The lowest BCUT2D eigenvalue weighted by molar-refractivity contribution is 0.436. The first-order valence-electron chi connectivity index (χ1n) is 5.96. The topological polar surface area (TPSA) is 35.3 Å². The Bertz CT molecular complexity index is 775. The third kappa shape index (κ3) is 2.87. The second kappa shape index (κ2) is 5.54. The second-order valence-electron chi connectivity index (χ2n) is 4.16. The summed E-state index contributed by atoms with van der Waals surface area (Å²) in [6.45, 7) is 0. The van der Waals surface area contributed by atoms with E-state index in [0.717, 1.165) is 12.1 Å². The number of aromatic nitrogens is 1. The van der Waals surface area contributed by atoms with Gasteiger partial charge < -0.3 is 9.15 Å². The lowest BCUT2D eigenvalue weighted by Gasteiger charge is -2.08. The zero-order chi connectivity index (χ0) is 14.8. The van der Waals surface area contributed by atoms with E-state index in [-0.39, 0.29) is 28.0 Å². The van der Waals surface area contributed by atoms with Gasteiger partial charge in [0.05, 0.1) is 11.8 Å². The lowest BCUT2D eigenvalue weighted by Crippen LogP contribution is -1.93. The van der Waals surface area contributed by atoms with Crippen LogP contribution in [0.3, 0.4) is 0 Å². The van der Waals surface area contributed by atoms with Crippen molar-refractivity contribution in [1.82, 2.24) is 4.98 Å². The number of halogens is 3. The van der Waals surface area contributed by atoms with E-state index in [1.807, 2.05) is 0 Å². The molecule has 0 saturated carbocycles. The maximum Gasteiger partial charge on any atom is 0.166 e. The molecular formula is C15H8ClF2NO2. The number of hydrogen-bond donors (Lipinski definition) is 0. The average molecular weight is 308 g/mol. The standard InChI is InChI=1S/C15H8ClF2NO2/c16-15-6-9(3-4-19-15)21-14-8-11(17)10(7-12(14)18)13-2-1-5-20-13/h1-8H. The van der Waals surface area contributed by atoms with Crippen molar-refractivity contribution in [2.75, 3.05) is 0 Å². The van der Waals surface area contributed by atoms with Crippen LogP contribution in [0.25, 0.3) is 11.3 Å². The molecule has 0 bridgehead atoms. The smallest absolute Gasteiger partial charge is 0.166 e. The summed E-state index contributed by atoms with van der Waals surface area (Å²) in [5.74, 6) is -1.11. The van der Waals surface area contributed by atoms with Gasteiger partial charge in [-0.1, -0.05) is 11.6 Å². The molecule has 0 spiro atoms. The van der Waals surface area contributed by atoms with E-state index in [0.29, 0.717) is 0 Å². The minimum absolute atomic E-state index is 0.0256. The van der Waals surface area contributed by atoms with Crippen LogP contribution < -0.4 is 4.74 Å². The van der Waals surface area contributed by atoms with Crippen LogP contribution in [-0.2, 0) is 0 Å². The summed E-state index contributed by atoms with van der Waals surface area (Å²) in [7, 11) is 0. The number of furan rings is 1. The summed E-state index contributed by atoms with van der Waals surface area (Å²) in [6, 6.07) is 8.01. The van der Waals surface area contributed by atoms with Crippen molar-refractivity contribution in [2.24, 2.45) is 0 Å². The predicted octanol–water partition coefficient (Wildman–Crippen LogP) is 5.07. The van der Waals surface area contributed by atoms with Crippen LogP contribution in [0.1, 0.15) is 0 Å². The fourth-order valence-electron chi connectivity index (χ4n) is 1.80. The zero-order valence-corrected chi connectivity index (χ0v) is 11.3. The van der Waals surface area contributed by atoms with Crippen molar-refractivity contribution in [2.45, 2.75) is 0 Å². The van der Waals surface area contributed by atoms with E-state index in [1.165, 1.54) is 24.6 Å². The molecule has 0 amide bonds. The van der Waals surface area contributed by atoms with Gasteiger partial charge in [-0.2, -0.15) is 0 Å². The Morgan fingerprint density at radius 1 is 1.10 bits per heavy atom. The van der Waals surface area contributed by atoms with E-state index in [4.69, 9.17) is 20.8 Å². The van der Waals surface area contributed by atoms with Crippen LogP contribution in [0.4, 0.5) is 8.78 Å². The van der Waals surface area contributed by atoms with Gasteiger partial charge in [-0.15, -0.1) is 0 Å². The molecule has 106 valence electrons. The summed E-state index contributed by atoms with van der Waals surface area (Å²) in [5.41, 5.74) is 0.0256. The van der Waals surface area contributed by atoms with Gasteiger partial charge in [0.2, 0.25) is 0 Å². The highest BCUT2D eigenvalue weighted by molar-refractivity contribution is 6.29. The SMILES string of the molecule is Fc1cc(-c2ccco2)c(F)cc1Oc1ccnc(Cl)c1. The van der Waals surface area contributed by atoms with Crippen LogP contribution in [0.5, 0.6) is 11.5 Å². The van der Waals surface area contributed by atoms with Gasteiger partial charge in [-0.3, -0.25) is 0 Å². The van der Waals surface area contributed by atoms with Gasteiger partial charge in [-0.05, 0) is 24.3 Å². The highest BCUT2D eigenvalue weighted by Gasteiger charge is 2.15. The summed E-state index contributed by atoms with van der Waals surface area (Å²) in [6.07, 6.45) is 2.79. The minimum atomic E-state index is -0.712. The predicted molar refractivity (Wildman–Crippen MR) is 73.4 cm³/mol. The van der Waals surface area contributed by atoms with Crippen molar-refractivity contribution in [3.05, 3.63) is 65.6 Å². The van der Waals surface area contributed by atoms with Crippen LogP contribution in [0, 0.1) is 11.6 Å². The molecule has 0 fully saturated rings. The Morgan fingerprint density at radius 3 is 2.67 bits per heavy atom. The highest BCUT2D eigenvalue weighted by Crippen LogP contribution is 2.32. The summed E-state index contributed by atoms with van der Waals surface area (Å²) in [4.78, 5) is 3.77. The molecule has 1 aromatic carbocycles. The molecule has 3 rings (SSSR count). The largest absolute Gasteiger partial charge is 0.464 e. The molecule has 0 saturated heterocycles. The zero-order valence-electron chi connectivity index (χ0n) is 10.5. The number of pyridine rings is 1. The summed E-state index contributed by atoms with van der Waals surface area (Å²) >= 11 is 5.70. The maximum absolute atomic E-state index is 14.0. The quantitative estimate of drug-likeness (QED) is 0.634. The van der Waals surface area contributed by atoms with Gasteiger partial charge in [0, 0.05) is 18.3 Å². The molecule has 0 atom stereocenters. The third-order valence-electron chi connectivity index (χ3n) is 2.73. The fourth-order valence-corrected chi connectivity index (χ4v) is 1.97. The van der Waals surface area contributed by atoms with Gasteiger partial charge in [0.25, 0.3) is 0 Å². The second-order valence-corrected chi connectivity index (χ2v) is 4.54. The number of benzene rings is 1. The Hall–Kier alpha value is -2.40. The molecule has 2 aromatic heterocycles. The molecule has 3 aromatic rings. The molecule has 0 aliphatic heterocycles. The molecule has 0 aliphatic rings. The third-order valence-corrected chi connectivity index (χ3v) is 2.94. The maximum atomic E-state index is 14.0. The molecule has 0 radical (unpaired) electrons. The first-order chi connectivity index (χ1) is 10.1. The lowest BCUT2D eigenvalue weighted by atomic mass is 10.1. The molecular weight excluding hydrogens is 300 g/mol. The van der Waals surface area contributed by atoms with Crippen LogP contribution in [0.2, 0.25) is 5.15 Å².